The van der Waals surface area contributed by atoms with Gasteiger partial charge in [-0.05, 0) is 25.1 Å². The third-order valence-electron chi connectivity index (χ3n) is 3.25. The van der Waals surface area contributed by atoms with Crippen LogP contribution in [0.2, 0.25) is 0 Å². The Bertz CT molecular complexity index is 682. The Hall–Kier alpha value is -2.25. The zero-order valence-electron chi connectivity index (χ0n) is 12.9. The molecule has 0 aliphatic carbocycles. The Balaban J connectivity index is 2.09. The van der Waals surface area contributed by atoms with E-state index >= 15 is 0 Å². The molecular weight excluding hydrogens is 314 g/mol. The molecule has 0 fully saturated rings. The first-order chi connectivity index (χ1) is 11.0. The number of carboxylic acid groups (broad SMARTS) is 1. The van der Waals surface area contributed by atoms with Crippen LogP contribution in [0.1, 0.15) is 29.4 Å². The van der Waals surface area contributed by atoms with Gasteiger partial charge in [-0.3, -0.25) is 14.5 Å². The van der Waals surface area contributed by atoms with Crippen molar-refractivity contribution >= 4 is 23.2 Å². The van der Waals surface area contributed by atoms with Gasteiger partial charge in [0.05, 0.1) is 12.2 Å². The SMILES string of the molecule is CCCN(CC(=O)O)Cc1csc(-c2ccc(C(N)=O)cc2)n1. The van der Waals surface area contributed by atoms with Gasteiger partial charge in [-0.2, -0.15) is 0 Å². The van der Waals surface area contributed by atoms with E-state index in [0.717, 1.165) is 22.7 Å². The van der Waals surface area contributed by atoms with Crippen molar-refractivity contribution in [3.63, 3.8) is 0 Å². The summed E-state index contributed by atoms with van der Waals surface area (Å²) in [6, 6.07) is 6.96. The van der Waals surface area contributed by atoms with Crippen LogP contribution in [-0.2, 0) is 11.3 Å². The number of benzene rings is 1. The number of carbonyl (C=O) groups excluding carboxylic acids is 1. The normalized spacial score (nSPS) is 10.9. The number of hydrogen-bond acceptors (Lipinski definition) is 5. The van der Waals surface area contributed by atoms with E-state index in [9.17, 15) is 9.59 Å². The summed E-state index contributed by atoms with van der Waals surface area (Å²) in [5.41, 5.74) is 7.44. The summed E-state index contributed by atoms with van der Waals surface area (Å²) < 4.78 is 0. The van der Waals surface area contributed by atoms with Gasteiger partial charge in [0, 0.05) is 23.1 Å². The quantitative estimate of drug-likeness (QED) is 0.772. The summed E-state index contributed by atoms with van der Waals surface area (Å²) in [6.07, 6.45) is 0.888. The number of nitrogens with two attached hydrogens (primary N) is 1. The number of carboxylic acids is 1. The average molecular weight is 333 g/mol. The van der Waals surface area contributed by atoms with Crippen LogP contribution in [0.5, 0.6) is 0 Å². The van der Waals surface area contributed by atoms with Gasteiger partial charge in [-0.25, -0.2) is 4.98 Å². The lowest BCUT2D eigenvalue weighted by molar-refractivity contribution is -0.138. The van der Waals surface area contributed by atoms with Gasteiger partial charge >= 0.3 is 5.97 Å². The van der Waals surface area contributed by atoms with E-state index in [2.05, 4.69) is 4.98 Å². The van der Waals surface area contributed by atoms with E-state index in [1.165, 1.54) is 11.3 Å². The summed E-state index contributed by atoms with van der Waals surface area (Å²) in [7, 11) is 0. The molecule has 0 aliphatic heterocycles. The second kappa shape index (κ2) is 7.85. The van der Waals surface area contributed by atoms with Crippen LogP contribution < -0.4 is 5.73 Å². The van der Waals surface area contributed by atoms with Gasteiger partial charge in [0.25, 0.3) is 0 Å². The predicted molar refractivity (Wildman–Crippen MR) is 89.3 cm³/mol. The highest BCUT2D eigenvalue weighted by molar-refractivity contribution is 7.13. The van der Waals surface area contributed by atoms with E-state index in [1.807, 2.05) is 29.3 Å². The monoisotopic (exact) mass is 333 g/mol. The van der Waals surface area contributed by atoms with Crippen LogP contribution in [0.25, 0.3) is 10.6 Å². The molecule has 6 nitrogen and oxygen atoms in total. The summed E-state index contributed by atoms with van der Waals surface area (Å²) in [4.78, 5) is 28.4. The Labute approximate surface area is 138 Å². The first-order valence-corrected chi connectivity index (χ1v) is 8.16. The number of aromatic nitrogens is 1. The first kappa shape index (κ1) is 17.1. The number of thiazole rings is 1. The first-order valence-electron chi connectivity index (χ1n) is 7.28. The highest BCUT2D eigenvalue weighted by Gasteiger charge is 2.12. The average Bonchev–Trinajstić information content (AvgIpc) is 2.95. The van der Waals surface area contributed by atoms with E-state index < -0.39 is 11.9 Å². The van der Waals surface area contributed by atoms with Crippen molar-refractivity contribution < 1.29 is 14.7 Å². The van der Waals surface area contributed by atoms with E-state index in [-0.39, 0.29) is 6.54 Å². The van der Waals surface area contributed by atoms with E-state index in [0.29, 0.717) is 18.7 Å². The van der Waals surface area contributed by atoms with Gasteiger partial charge in [0.15, 0.2) is 0 Å². The second-order valence-electron chi connectivity index (χ2n) is 5.19. The molecule has 1 aromatic heterocycles. The molecule has 0 saturated heterocycles. The number of primary amides is 1. The van der Waals surface area contributed by atoms with Gasteiger partial charge in [0.1, 0.15) is 5.01 Å². The summed E-state index contributed by atoms with van der Waals surface area (Å²) in [5, 5.41) is 11.7. The van der Waals surface area contributed by atoms with Crippen LogP contribution in [0, 0.1) is 0 Å². The molecule has 0 unspecified atom stereocenters. The maximum absolute atomic E-state index is 11.1. The van der Waals surface area contributed by atoms with Crippen LogP contribution >= 0.6 is 11.3 Å². The lowest BCUT2D eigenvalue weighted by Crippen LogP contribution is -2.30. The molecular formula is C16H19N3O3S. The molecule has 1 aromatic carbocycles. The smallest absolute Gasteiger partial charge is 0.317 e. The third kappa shape index (κ3) is 4.87. The Morgan fingerprint density at radius 2 is 2.00 bits per heavy atom. The summed E-state index contributed by atoms with van der Waals surface area (Å²) in [6.45, 7) is 3.25. The second-order valence-corrected chi connectivity index (χ2v) is 6.05. The van der Waals surface area contributed by atoms with E-state index in [4.69, 9.17) is 10.8 Å². The number of nitrogens with zero attached hydrogens (tertiary/aromatic N) is 2. The number of carbonyl (C=O) groups is 2. The number of hydrogen-bond donors (Lipinski definition) is 2. The van der Waals surface area contributed by atoms with Crippen molar-refractivity contribution in [1.82, 2.24) is 9.88 Å². The number of rotatable bonds is 8. The minimum Gasteiger partial charge on any atom is -0.480 e. The van der Waals surface area contributed by atoms with Crippen molar-refractivity contribution in [2.75, 3.05) is 13.1 Å². The molecule has 0 radical (unpaired) electrons. The van der Waals surface area contributed by atoms with Crippen molar-refractivity contribution in [3.8, 4) is 10.6 Å². The number of aliphatic carboxylic acids is 1. The molecule has 1 amide bonds. The third-order valence-corrected chi connectivity index (χ3v) is 4.19. The molecule has 7 heteroatoms. The molecule has 0 bridgehead atoms. The van der Waals surface area contributed by atoms with Crippen molar-refractivity contribution in [3.05, 3.63) is 40.9 Å². The molecule has 0 atom stereocenters. The van der Waals surface area contributed by atoms with Gasteiger partial charge in [-0.1, -0.05) is 19.1 Å². The van der Waals surface area contributed by atoms with Gasteiger partial charge in [-0.15, -0.1) is 11.3 Å². The summed E-state index contributed by atoms with van der Waals surface area (Å²) >= 11 is 1.49. The molecule has 122 valence electrons. The molecule has 0 aliphatic rings. The molecule has 2 rings (SSSR count). The van der Waals surface area contributed by atoms with Crippen molar-refractivity contribution in [2.24, 2.45) is 5.73 Å². The maximum Gasteiger partial charge on any atom is 0.317 e. The van der Waals surface area contributed by atoms with Crippen LogP contribution in [0.4, 0.5) is 0 Å². The largest absolute Gasteiger partial charge is 0.480 e. The molecule has 1 heterocycles. The summed E-state index contributed by atoms with van der Waals surface area (Å²) in [5.74, 6) is -1.30. The highest BCUT2D eigenvalue weighted by atomic mass is 32.1. The lowest BCUT2D eigenvalue weighted by atomic mass is 10.1. The van der Waals surface area contributed by atoms with Gasteiger partial charge < -0.3 is 10.8 Å². The molecule has 0 spiro atoms. The fraction of sp³-hybridized carbons (Fsp3) is 0.312. The van der Waals surface area contributed by atoms with Crippen molar-refractivity contribution in [2.45, 2.75) is 19.9 Å². The molecule has 2 aromatic rings. The van der Waals surface area contributed by atoms with Gasteiger partial charge in [0.2, 0.25) is 5.91 Å². The number of amides is 1. The lowest BCUT2D eigenvalue weighted by Gasteiger charge is -2.17. The Morgan fingerprint density at radius 3 is 2.57 bits per heavy atom. The Kier molecular flexibility index (Phi) is 5.84. The Morgan fingerprint density at radius 1 is 1.30 bits per heavy atom. The zero-order valence-corrected chi connectivity index (χ0v) is 13.7. The minimum absolute atomic E-state index is 0.00794. The van der Waals surface area contributed by atoms with Crippen LogP contribution in [-0.4, -0.2) is 40.0 Å². The molecule has 0 saturated carbocycles. The fourth-order valence-electron chi connectivity index (χ4n) is 2.24. The topological polar surface area (TPSA) is 96.5 Å². The zero-order chi connectivity index (χ0) is 16.8. The van der Waals surface area contributed by atoms with Crippen LogP contribution in [0.3, 0.4) is 0 Å². The van der Waals surface area contributed by atoms with Crippen molar-refractivity contribution in [1.29, 1.82) is 0 Å². The van der Waals surface area contributed by atoms with Crippen LogP contribution in [0.15, 0.2) is 29.6 Å². The fourth-order valence-corrected chi connectivity index (χ4v) is 3.06. The standard InChI is InChI=1S/C16H19N3O3S/c1-2-7-19(9-14(20)21)8-13-10-23-16(18-13)12-5-3-11(4-6-12)15(17)22/h3-6,10H,2,7-9H2,1H3,(H2,17,22)(H,20,21). The molecule has 23 heavy (non-hydrogen) atoms. The van der Waals surface area contributed by atoms with E-state index in [1.54, 1.807) is 12.1 Å². The molecule has 3 N–H and O–H groups in total. The minimum atomic E-state index is -0.837. The maximum atomic E-state index is 11.1. The predicted octanol–water partition coefficient (Wildman–Crippen LogP) is 2.21. The highest BCUT2D eigenvalue weighted by Crippen LogP contribution is 2.24.